The summed E-state index contributed by atoms with van der Waals surface area (Å²) in [4.78, 5) is 14.1. The van der Waals surface area contributed by atoms with E-state index >= 15 is 0 Å². The molecule has 4 heteroatoms. The van der Waals surface area contributed by atoms with Crippen molar-refractivity contribution in [3.63, 3.8) is 0 Å². The number of likely N-dealkylation sites (tertiary alicyclic amines) is 1. The number of esters is 1. The van der Waals surface area contributed by atoms with Gasteiger partial charge in [0.15, 0.2) is 0 Å². The van der Waals surface area contributed by atoms with Crippen molar-refractivity contribution in [1.29, 1.82) is 0 Å². The molecule has 0 aromatic carbocycles. The van der Waals surface area contributed by atoms with Gasteiger partial charge in [0, 0.05) is 13.1 Å². The van der Waals surface area contributed by atoms with Crippen molar-refractivity contribution in [1.82, 2.24) is 10.2 Å². The molecule has 0 aliphatic carbocycles. The first kappa shape index (κ1) is 15.4. The average Bonchev–Trinajstić information content (AvgIpc) is 2.68. The van der Waals surface area contributed by atoms with Crippen molar-refractivity contribution in [3.8, 4) is 0 Å². The maximum Gasteiger partial charge on any atom is 0.322 e. The number of nitrogens with one attached hydrogen (secondary N) is 1. The van der Waals surface area contributed by atoms with Crippen LogP contribution < -0.4 is 5.32 Å². The summed E-state index contributed by atoms with van der Waals surface area (Å²) in [6.45, 7) is 10.8. The summed E-state index contributed by atoms with van der Waals surface area (Å²) in [7, 11) is 1.46. The topological polar surface area (TPSA) is 41.6 Å². The molecule has 1 N–H and O–H groups in total. The molecule has 0 radical (unpaired) electrons. The van der Waals surface area contributed by atoms with Gasteiger partial charge in [0.2, 0.25) is 0 Å². The van der Waals surface area contributed by atoms with Crippen LogP contribution in [-0.2, 0) is 9.53 Å². The van der Waals surface area contributed by atoms with Gasteiger partial charge in [0.25, 0.3) is 0 Å². The highest BCUT2D eigenvalue weighted by Crippen LogP contribution is 2.28. The van der Waals surface area contributed by atoms with Crippen LogP contribution in [-0.4, -0.2) is 50.2 Å². The highest BCUT2D eigenvalue weighted by atomic mass is 16.5. The van der Waals surface area contributed by atoms with Crippen molar-refractivity contribution < 1.29 is 9.53 Å². The normalized spacial score (nSPS) is 20.9. The van der Waals surface area contributed by atoms with Crippen LogP contribution in [0.5, 0.6) is 0 Å². The van der Waals surface area contributed by atoms with Crippen molar-refractivity contribution in [2.24, 2.45) is 5.41 Å². The molecule has 0 spiro atoms. The Labute approximate surface area is 111 Å². The van der Waals surface area contributed by atoms with E-state index in [9.17, 15) is 4.79 Å². The number of carbonyl (C=O) groups excluding carboxylic acids is 1. The Morgan fingerprint density at radius 3 is 2.72 bits per heavy atom. The van der Waals surface area contributed by atoms with Gasteiger partial charge in [0.1, 0.15) is 6.04 Å². The molecule has 4 nitrogen and oxygen atoms in total. The molecule has 0 aromatic heterocycles. The Balaban J connectivity index is 2.35. The minimum atomic E-state index is -0.154. The maximum atomic E-state index is 11.6. The predicted molar refractivity (Wildman–Crippen MR) is 73.6 cm³/mol. The fourth-order valence-electron chi connectivity index (χ4n) is 2.49. The number of rotatable bonds is 7. The van der Waals surface area contributed by atoms with E-state index in [4.69, 9.17) is 4.74 Å². The minimum absolute atomic E-state index is 0.137. The third-order valence-corrected chi connectivity index (χ3v) is 3.62. The fourth-order valence-corrected chi connectivity index (χ4v) is 2.49. The van der Waals surface area contributed by atoms with Crippen LogP contribution >= 0.6 is 0 Å². The Morgan fingerprint density at radius 2 is 2.22 bits per heavy atom. The molecular formula is C14H28N2O2. The molecule has 0 saturated carbocycles. The molecule has 18 heavy (non-hydrogen) atoms. The summed E-state index contributed by atoms with van der Waals surface area (Å²) in [5, 5.41) is 3.26. The van der Waals surface area contributed by atoms with Gasteiger partial charge < -0.3 is 15.0 Å². The van der Waals surface area contributed by atoms with E-state index in [0.717, 1.165) is 39.0 Å². The van der Waals surface area contributed by atoms with E-state index in [0.29, 0.717) is 5.41 Å². The molecule has 1 heterocycles. The SMILES string of the molecule is CCCNC(CCN1CCC(C)(C)C1)C(=O)OC. The molecule has 1 fully saturated rings. The molecule has 1 aliphatic rings. The molecule has 0 bridgehead atoms. The number of hydrogen-bond donors (Lipinski definition) is 1. The molecule has 1 rings (SSSR count). The second kappa shape index (κ2) is 7.10. The van der Waals surface area contributed by atoms with Crippen molar-refractivity contribution >= 4 is 5.97 Å². The minimum Gasteiger partial charge on any atom is -0.468 e. The van der Waals surface area contributed by atoms with Crippen LogP contribution in [0.25, 0.3) is 0 Å². The lowest BCUT2D eigenvalue weighted by Gasteiger charge is -2.22. The first-order valence-electron chi connectivity index (χ1n) is 7.02. The van der Waals surface area contributed by atoms with Crippen molar-refractivity contribution in [3.05, 3.63) is 0 Å². The summed E-state index contributed by atoms with van der Waals surface area (Å²) in [6, 6.07) is -0.154. The summed E-state index contributed by atoms with van der Waals surface area (Å²) >= 11 is 0. The van der Waals surface area contributed by atoms with Crippen LogP contribution in [0.1, 0.15) is 40.0 Å². The van der Waals surface area contributed by atoms with Crippen LogP contribution in [0.2, 0.25) is 0 Å². The van der Waals surface area contributed by atoms with Crippen LogP contribution in [0, 0.1) is 5.41 Å². The molecule has 1 saturated heterocycles. The molecule has 0 aromatic rings. The molecule has 0 amide bonds. The molecule has 1 unspecified atom stereocenters. The first-order valence-corrected chi connectivity index (χ1v) is 7.02. The maximum absolute atomic E-state index is 11.6. The third kappa shape index (κ3) is 4.94. The van der Waals surface area contributed by atoms with Gasteiger partial charge in [-0.05, 0) is 37.8 Å². The number of hydrogen-bond acceptors (Lipinski definition) is 4. The standard InChI is InChI=1S/C14H28N2O2/c1-5-8-15-12(13(17)18-4)6-9-16-10-7-14(2,3)11-16/h12,15H,5-11H2,1-4H3. The van der Waals surface area contributed by atoms with Crippen LogP contribution in [0.3, 0.4) is 0 Å². The highest BCUT2D eigenvalue weighted by Gasteiger charge is 2.29. The predicted octanol–water partition coefficient (Wildman–Crippen LogP) is 1.65. The molecule has 1 atom stereocenters. The summed E-state index contributed by atoms with van der Waals surface area (Å²) in [5.41, 5.74) is 0.428. The Morgan fingerprint density at radius 1 is 1.50 bits per heavy atom. The molecular weight excluding hydrogens is 228 g/mol. The monoisotopic (exact) mass is 256 g/mol. The Hall–Kier alpha value is -0.610. The van der Waals surface area contributed by atoms with E-state index in [1.807, 2.05) is 0 Å². The molecule has 106 valence electrons. The fraction of sp³-hybridized carbons (Fsp3) is 0.929. The lowest BCUT2D eigenvalue weighted by Crippen LogP contribution is -2.40. The zero-order valence-corrected chi connectivity index (χ0v) is 12.3. The van der Waals surface area contributed by atoms with E-state index in [2.05, 4.69) is 31.0 Å². The number of ether oxygens (including phenoxy) is 1. The van der Waals surface area contributed by atoms with Gasteiger partial charge in [-0.3, -0.25) is 4.79 Å². The summed E-state index contributed by atoms with van der Waals surface area (Å²) < 4.78 is 4.85. The smallest absolute Gasteiger partial charge is 0.322 e. The van der Waals surface area contributed by atoms with E-state index in [1.54, 1.807) is 0 Å². The van der Waals surface area contributed by atoms with Gasteiger partial charge >= 0.3 is 5.97 Å². The van der Waals surface area contributed by atoms with E-state index in [1.165, 1.54) is 13.5 Å². The zero-order chi connectivity index (χ0) is 13.6. The third-order valence-electron chi connectivity index (χ3n) is 3.62. The van der Waals surface area contributed by atoms with Gasteiger partial charge in [-0.25, -0.2) is 0 Å². The van der Waals surface area contributed by atoms with Crippen LogP contribution in [0.4, 0.5) is 0 Å². The second-order valence-corrected chi connectivity index (χ2v) is 6.01. The Bertz CT molecular complexity index is 267. The van der Waals surface area contributed by atoms with Gasteiger partial charge in [-0.2, -0.15) is 0 Å². The van der Waals surface area contributed by atoms with Crippen molar-refractivity contribution in [2.75, 3.05) is 33.3 Å². The van der Waals surface area contributed by atoms with E-state index in [-0.39, 0.29) is 12.0 Å². The number of methoxy groups -OCH3 is 1. The molecule has 1 aliphatic heterocycles. The zero-order valence-electron chi connectivity index (χ0n) is 12.3. The van der Waals surface area contributed by atoms with Crippen LogP contribution in [0.15, 0.2) is 0 Å². The number of carbonyl (C=O) groups is 1. The van der Waals surface area contributed by atoms with Gasteiger partial charge in [-0.1, -0.05) is 20.8 Å². The Kier molecular flexibility index (Phi) is 6.09. The summed E-state index contributed by atoms with van der Waals surface area (Å²) in [5.74, 6) is -0.137. The quantitative estimate of drug-likeness (QED) is 0.703. The lowest BCUT2D eigenvalue weighted by molar-refractivity contribution is -0.143. The van der Waals surface area contributed by atoms with E-state index < -0.39 is 0 Å². The van der Waals surface area contributed by atoms with Gasteiger partial charge in [0.05, 0.1) is 7.11 Å². The lowest BCUT2D eigenvalue weighted by atomic mass is 9.93. The van der Waals surface area contributed by atoms with Gasteiger partial charge in [-0.15, -0.1) is 0 Å². The highest BCUT2D eigenvalue weighted by molar-refractivity contribution is 5.75. The summed E-state index contributed by atoms with van der Waals surface area (Å²) in [6.07, 6.45) is 3.12. The van der Waals surface area contributed by atoms with Crippen molar-refractivity contribution in [2.45, 2.75) is 46.1 Å². The average molecular weight is 256 g/mol. The first-order chi connectivity index (χ1) is 8.48. The largest absolute Gasteiger partial charge is 0.468 e. The number of nitrogens with zero attached hydrogens (tertiary/aromatic N) is 1. The second-order valence-electron chi connectivity index (χ2n) is 6.01.